The van der Waals surface area contributed by atoms with Crippen molar-refractivity contribution in [2.24, 2.45) is 0 Å². The van der Waals surface area contributed by atoms with Crippen molar-refractivity contribution in [3.05, 3.63) is 36.4 Å². The molecule has 3 aliphatic rings. The van der Waals surface area contributed by atoms with E-state index in [4.69, 9.17) is 9.47 Å². The lowest BCUT2D eigenvalue weighted by atomic mass is 10.1. The minimum Gasteiger partial charge on any atom is -0.494 e. The molecule has 0 spiro atoms. The second-order valence-electron chi connectivity index (χ2n) is 9.32. The summed E-state index contributed by atoms with van der Waals surface area (Å²) in [6.07, 6.45) is 7.04. The van der Waals surface area contributed by atoms with Crippen LogP contribution in [0.15, 0.2) is 46.2 Å². The van der Waals surface area contributed by atoms with Crippen molar-refractivity contribution in [1.82, 2.24) is 9.80 Å². The van der Waals surface area contributed by atoms with Crippen molar-refractivity contribution < 1.29 is 17.9 Å². The maximum atomic E-state index is 13.3. The van der Waals surface area contributed by atoms with Gasteiger partial charge in [-0.1, -0.05) is 0 Å². The van der Waals surface area contributed by atoms with E-state index >= 15 is 0 Å². The number of rotatable bonds is 10. The first kappa shape index (κ1) is 22.7. The number of ether oxygens (including phenoxy) is 2. The first-order valence-electron chi connectivity index (χ1n) is 12.4. The molecular weight excluding hydrogens is 436 g/mol. The molecule has 0 saturated carbocycles. The van der Waals surface area contributed by atoms with Gasteiger partial charge in [0, 0.05) is 24.2 Å². The van der Waals surface area contributed by atoms with Crippen LogP contribution in [0.25, 0.3) is 11.1 Å². The molecule has 3 aliphatic heterocycles. The quantitative estimate of drug-likeness (QED) is 0.413. The van der Waals surface area contributed by atoms with Crippen LogP contribution in [0.1, 0.15) is 38.5 Å². The number of nitrogens with zero attached hydrogens (tertiary/aromatic N) is 2. The van der Waals surface area contributed by atoms with Gasteiger partial charge in [0.2, 0.25) is 9.84 Å². The molecule has 2 saturated heterocycles. The van der Waals surface area contributed by atoms with Crippen LogP contribution in [0.4, 0.5) is 0 Å². The summed E-state index contributed by atoms with van der Waals surface area (Å²) in [5.41, 5.74) is 1.49. The lowest BCUT2D eigenvalue weighted by Crippen LogP contribution is -2.21. The second kappa shape index (κ2) is 10.0. The number of sulfone groups is 1. The molecule has 0 unspecified atom stereocenters. The van der Waals surface area contributed by atoms with Gasteiger partial charge in [0.05, 0.1) is 23.0 Å². The molecule has 0 aliphatic carbocycles. The maximum absolute atomic E-state index is 13.3. The molecule has 0 amide bonds. The van der Waals surface area contributed by atoms with E-state index < -0.39 is 9.84 Å². The zero-order valence-corrected chi connectivity index (χ0v) is 20.1. The van der Waals surface area contributed by atoms with Gasteiger partial charge >= 0.3 is 0 Å². The van der Waals surface area contributed by atoms with Gasteiger partial charge < -0.3 is 19.3 Å². The van der Waals surface area contributed by atoms with E-state index in [9.17, 15) is 8.42 Å². The lowest BCUT2D eigenvalue weighted by molar-refractivity contribution is 0.263. The molecule has 0 bridgehead atoms. The van der Waals surface area contributed by atoms with Crippen molar-refractivity contribution in [3.8, 4) is 22.6 Å². The summed E-state index contributed by atoms with van der Waals surface area (Å²) in [5.74, 6) is 1.23. The monoisotopic (exact) mass is 470 g/mol. The Labute approximate surface area is 197 Å². The molecule has 2 aromatic carbocycles. The fourth-order valence-electron chi connectivity index (χ4n) is 5.16. The van der Waals surface area contributed by atoms with E-state index in [-0.39, 0.29) is 0 Å². The van der Waals surface area contributed by atoms with Crippen LogP contribution in [-0.2, 0) is 9.84 Å². The first-order chi connectivity index (χ1) is 16.1. The van der Waals surface area contributed by atoms with Gasteiger partial charge in [0.1, 0.15) is 11.5 Å². The van der Waals surface area contributed by atoms with E-state index in [1.54, 1.807) is 12.1 Å². The van der Waals surface area contributed by atoms with E-state index in [1.807, 2.05) is 24.3 Å². The van der Waals surface area contributed by atoms with Gasteiger partial charge in [-0.05, 0) is 101 Å². The molecule has 6 nitrogen and oxygen atoms in total. The zero-order chi connectivity index (χ0) is 22.7. The van der Waals surface area contributed by atoms with Crippen molar-refractivity contribution >= 4 is 9.84 Å². The summed E-state index contributed by atoms with van der Waals surface area (Å²) < 4.78 is 38.3. The predicted molar refractivity (Wildman–Crippen MR) is 129 cm³/mol. The molecule has 2 aromatic rings. The fraction of sp³-hybridized carbons (Fsp3) is 0.538. The zero-order valence-electron chi connectivity index (χ0n) is 19.3. The highest BCUT2D eigenvalue weighted by molar-refractivity contribution is 7.92. The highest BCUT2D eigenvalue weighted by Gasteiger charge is 2.33. The maximum Gasteiger partial charge on any atom is 0.208 e. The molecular formula is C26H34N2O4S. The van der Waals surface area contributed by atoms with E-state index in [1.165, 1.54) is 51.9 Å². The lowest BCUT2D eigenvalue weighted by Gasteiger charge is -2.14. The normalized spacial score (nSPS) is 19.5. The van der Waals surface area contributed by atoms with Gasteiger partial charge in [-0.2, -0.15) is 0 Å². The van der Waals surface area contributed by atoms with Crippen LogP contribution in [0.5, 0.6) is 11.5 Å². The van der Waals surface area contributed by atoms with E-state index in [0.29, 0.717) is 34.5 Å². The molecule has 2 fully saturated rings. The first-order valence-corrected chi connectivity index (χ1v) is 13.8. The van der Waals surface area contributed by atoms with Crippen LogP contribution >= 0.6 is 0 Å². The van der Waals surface area contributed by atoms with Crippen molar-refractivity contribution in [2.45, 2.75) is 48.3 Å². The Balaban J connectivity index is 1.20. The van der Waals surface area contributed by atoms with Crippen LogP contribution in [0, 0.1) is 0 Å². The average Bonchev–Trinajstić information content (AvgIpc) is 3.57. The molecule has 5 rings (SSSR count). The largest absolute Gasteiger partial charge is 0.494 e. The molecule has 0 radical (unpaired) electrons. The third-order valence-electron chi connectivity index (χ3n) is 6.95. The molecule has 0 atom stereocenters. The van der Waals surface area contributed by atoms with Crippen LogP contribution < -0.4 is 9.47 Å². The van der Waals surface area contributed by atoms with Gasteiger partial charge in [0.15, 0.2) is 0 Å². The van der Waals surface area contributed by atoms with Crippen molar-refractivity contribution in [2.75, 3.05) is 52.5 Å². The SMILES string of the molecule is O=S1(=O)c2cc(OCCCN3CCCC3)ccc2-c2ccc(OCCCN3CCCC3)cc21. The minimum absolute atomic E-state index is 0.334. The Morgan fingerprint density at radius 3 is 1.52 bits per heavy atom. The standard InChI is InChI=1S/C26H34N2O4S/c29-33(30)25-19-21(31-17-5-15-27-11-1-2-12-27)7-9-23(25)24-10-8-22(20-26(24)33)32-18-6-16-28-13-3-4-14-28/h7-10,19-20H,1-6,11-18H2. The van der Waals surface area contributed by atoms with Crippen molar-refractivity contribution in [1.29, 1.82) is 0 Å². The molecule has 0 N–H and O–H groups in total. The van der Waals surface area contributed by atoms with Gasteiger partial charge in [-0.25, -0.2) is 8.42 Å². The Kier molecular flexibility index (Phi) is 6.90. The van der Waals surface area contributed by atoms with Gasteiger partial charge in [0.25, 0.3) is 0 Å². The number of benzene rings is 2. The van der Waals surface area contributed by atoms with E-state index in [0.717, 1.165) is 37.1 Å². The van der Waals surface area contributed by atoms with Crippen LogP contribution in [-0.4, -0.2) is 70.7 Å². The Morgan fingerprint density at radius 2 is 1.09 bits per heavy atom. The Hall–Kier alpha value is -2.09. The highest BCUT2D eigenvalue weighted by atomic mass is 32.2. The summed E-state index contributed by atoms with van der Waals surface area (Å²) in [5, 5.41) is 0. The van der Waals surface area contributed by atoms with Crippen LogP contribution in [0.3, 0.4) is 0 Å². The van der Waals surface area contributed by atoms with Gasteiger partial charge in [-0.15, -0.1) is 0 Å². The Bertz CT molecular complexity index is 994. The van der Waals surface area contributed by atoms with Gasteiger partial charge in [-0.3, -0.25) is 0 Å². The highest BCUT2D eigenvalue weighted by Crippen LogP contribution is 2.45. The average molecular weight is 471 g/mol. The topological polar surface area (TPSA) is 59.1 Å². The summed E-state index contributed by atoms with van der Waals surface area (Å²) in [6.45, 7) is 7.98. The summed E-state index contributed by atoms with van der Waals surface area (Å²) in [6, 6.07) is 10.8. The van der Waals surface area contributed by atoms with Crippen LogP contribution in [0.2, 0.25) is 0 Å². The predicted octanol–water partition coefficient (Wildman–Crippen LogP) is 4.23. The summed E-state index contributed by atoms with van der Waals surface area (Å²) in [7, 11) is -3.57. The fourth-order valence-corrected chi connectivity index (χ4v) is 6.88. The summed E-state index contributed by atoms with van der Waals surface area (Å²) in [4.78, 5) is 5.58. The number of hydrogen-bond donors (Lipinski definition) is 0. The molecule has 7 heteroatoms. The third-order valence-corrected chi connectivity index (χ3v) is 8.78. The number of likely N-dealkylation sites (tertiary alicyclic amines) is 2. The van der Waals surface area contributed by atoms with Crippen molar-refractivity contribution in [3.63, 3.8) is 0 Å². The summed E-state index contributed by atoms with van der Waals surface area (Å²) >= 11 is 0. The molecule has 33 heavy (non-hydrogen) atoms. The third kappa shape index (κ3) is 5.05. The number of hydrogen-bond acceptors (Lipinski definition) is 6. The minimum atomic E-state index is -3.57. The molecule has 0 aromatic heterocycles. The Morgan fingerprint density at radius 1 is 0.667 bits per heavy atom. The molecule has 3 heterocycles. The second-order valence-corrected chi connectivity index (χ2v) is 11.2. The number of fused-ring (bicyclic) bond motifs is 3. The molecule has 178 valence electrons. The smallest absolute Gasteiger partial charge is 0.208 e. The van der Waals surface area contributed by atoms with E-state index in [2.05, 4.69) is 9.80 Å².